The minimum Gasteiger partial charge on any atom is -0.384 e. The Morgan fingerprint density at radius 3 is 2.84 bits per heavy atom. The highest BCUT2D eigenvalue weighted by Crippen LogP contribution is 2.40. The highest BCUT2D eigenvalue weighted by molar-refractivity contribution is 5.94. The van der Waals surface area contributed by atoms with Crippen LogP contribution in [0.25, 0.3) is 0 Å². The van der Waals surface area contributed by atoms with Crippen LogP contribution < -0.4 is 11.1 Å². The summed E-state index contributed by atoms with van der Waals surface area (Å²) in [5, 5.41) is 3.02. The van der Waals surface area contributed by atoms with Gasteiger partial charge in [-0.1, -0.05) is 18.6 Å². The number of amides is 1. The molecule has 1 aliphatic rings. The van der Waals surface area contributed by atoms with Crippen LogP contribution in [-0.4, -0.2) is 26.2 Å². The predicted molar refractivity (Wildman–Crippen MR) is 74.8 cm³/mol. The molecule has 1 aliphatic carbocycles. The lowest BCUT2D eigenvalue weighted by Gasteiger charge is -2.41. The number of hydrogen-bond donors (Lipinski definition) is 2. The molecule has 3 N–H and O–H groups in total. The molecule has 0 unspecified atom stereocenters. The van der Waals surface area contributed by atoms with Crippen molar-refractivity contribution in [3.63, 3.8) is 0 Å². The minimum absolute atomic E-state index is 0.0299. The van der Waals surface area contributed by atoms with E-state index < -0.39 is 0 Å². The van der Waals surface area contributed by atoms with Crippen LogP contribution in [0.2, 0.25) is 0 Å². The molecular formula is C15H22N2O2. The van der Waals surface area contributed by atoms with E-state index in [0.717, 1.165) is 25.0 Å². The average molecular weight is 262 g/mol. The van der Waals surface area contributed by atoms with Gasteiger partial charge in [0.1, 0.15) is 0 Å². The van der Waals surface area contributed by atoms with Gasteiger partial charge in [-0.2, -0.15) is 0 Å². The fourth-order valence-electron chi connectivity index (χ4n) is 2.56. The zero-order valence-corrected chi connectivity index (χ0v) is 11.4. The normalized spacial score (nSPS) is 16.7. The van der Waals surface area contributed by atoms with Gasteiger partial charge in [-0.15, -0.1) is 0 Å². The van der Waals surface area contributed by atoms with Crippen LogP contribution in [0.4, 0.5) is 0 Å². The molecule has 0 bridgehead atoms. The summed E-state index contributed by atoms with van der Waals surface area (Å²) in [6.07, 6.45) is 3.48. The van der Waals surface area contributed by atoms with Gasteiger partial charge in [-0.25, -0.2) is 0 Å². The molecule has 0 atom stereocenters. The first-order valence-electron chi connectivity index (χ1n) is 6.75. The summed E-state index contributed by atoms with van der Waals surface area (Å²) < 4.78 is 5.26. The molecule has 1 aromatic rings. The van der Waals surface area contributed by atoms with E-state index >= 15 is 0 Å². The zero-order chi connectivity index (χ0) is 13.7. The van der Waals surface area contributed by atoms with E-state index in [1.807, 2.05) is 24.3 Å². The quantitative estimate of drug-likeness (QED) is 0.820. The van der Waals surface area contributed by atoms with Crippen molar-refractivity contribution in [1.82, 2.24) is 5.32 Å². The Labute approximate surface area is 114 Å². The minimum atomic E-state index is -0.0299. The van der Waals surface area contributed by atoms with Crippen molar-refractivity contribution in [2.75, 3.05) is 20.3 Å². The Morgan fingerprint density at radius 1 is 1.47 bits per heavy atom. The van der Waals surface area contributed by atoms with Crippen molar-refractivity contribution >= 4 is 5.91 Å². The third-order valence-electron chi connectivity index (χ3n) is 3.91. The van der Waals surface area contributed by atoms with Crippen molar-refractivity contribution in [2.45, 2.75) is 25.8 Å². The fraction of sp³-hybridized carbons (Fsp3) is 0.533. The van der Waals surface area contributed by atoms with E-state index in [9.17, 15) is 4.79 Å². The number of methoxy groups -OCH3 is 1. The molecule has 0 heterocycles. The Balaban J connectivity index is 1.93. The van der Waals surface area contributed by atoms with Gasteiger partial charge >= 0.3 is 0 Å². The second kappa shape index (κ2) is 6.17. The van der Waals surface area contributed by atoms with Gasteiger partial charge in [-0.3, -0.25) is 4.79 Å². The molecule has 4 heteroatoms. The molecule has 2 rings (SSSR count). The third-order valence-corrected chi connectivity index (χ3v) is 3.91. The van der Waals surface area contributed by atoms with E-state index in [2.05, 4.69) is 5.32 Å². The standard InChI is InChI=1S/C15H22N2O2/c1-19-11-15(6-3-7-15)10-17-14(18)13-5-2-4-12(8-13)9-16/h2,4-5,8H,3,6-7,9-11,16H2,1H3,(H,17,18). The summed E-state index contributed by atoms with van der Waals surface area (Å²) in [4.78, 5) is 12.1. The molecule has 1 fully saturated rings. The molecule has 19 heavy (non-hydrogen) atoms. The lowest BCUT2D eigenvalue weighted by atomic mass is 9.69. The van der Waals surface area contributed by atoms with Gasteiger partial charge in [0.2, 0.25) is 0 Å². The number of benzene rings is 1. The highest BCUT2D eigenvalue weighted by atomic mass is 16.5. The monoisotopic (exact) mass is 262 g/mol. The molecule has 0 radical (unpaired) electrons. The topological polar surface area (TPSA) is 64.3 Å². The summed E-state index contributed by atoms with van der Waals surface area (Å²) in [6.45, 7) is 1.86. The van der Waals surface area contributed by atoms with Gasteiger partial charge in [0, 0.05) is 31.2 Å². The first-order chi connectivity index (χ1) is 9.19. The van der Waals surface area contributed by atoms with Crippen LogP contribution in [0, 0.1) is 5.41 Å². The maximum atomic E-state index is 12.1. The summed E-state index contributed by atoms with van der Waals surface area (Å²) in [5.74, 6) is -0.0299. The average Bonchev–Trinajstić information content (AvgIpc) is 2.41. The van der Waals surface area contributed by atoms with Gasteiger partial charge in [0.05, 0.1) is 6.61 Å². The van der Waals surface area contributed by atoms with Crippen molar-refractivity contribution < 1.29 is 9.53 Å². The van der Waals surface area contributed by atoms with Gasteiger partial charge in [0.15, 0.2) is 0 Å². The van der Waals surface area contributed by atoms with Crippen LogP contribution in [0.3, 0.4) is 0 Å². The van der Waals surface area contributed by atoms with E-state index in [1.54, 1.807) is 7.11 Å². The number of carbonyl (C=O) groups excluding carboxylic acids is 1. The highest BCUT2D eigenvalue weighted by Gasteiger charge is 2.37. The number of carbonyl (C=O) groups is 1. The fourth-order valence-corrected chi connectivity index (χ4v) is 2.56. The zero-order valence-electron chi connectivity index (χ0n) is 11.4. The van der Waals surface area contributed by atoms with Crippen LogP contribution in [0.5, 0.6) is 0 Å². The maximum Gasteiger partial charge on any atom is 0.251 e. The molecular weight excluding hydrogens is 240 g/mol. The maximum absolute atomic E-state index is 12.1. The number of nitrogens with two attached hydrogens (primary N) is 1. The summed E-state index contributed by atoms with van der Waals surface area (Å²) in [5.41, 5.74) is 7.38. The third kappa shape index (κ3) is 3.33. The van der Waals surface area contributed by atoms with E-state index in [-0.39, 0.29) is 11.3 Å². The molecule has 1 saturated carbocycles. The van der Waals surface area contributed by atoms with Crippen LogP contribution in [0.15, 0.2) is 24.3 Å². The molecule has 0 aromatic heterocycles. The molecule has 4 nitrogen and oxygen atoms in total. The molecule has 0 saturated heterocycles. The molecule has 104 valence electrons. The van der Waals surface area contributed by atoms with E-state index in [0.29, 0.717) is 18.7 Å². The Kier molecular flexibility index (Phi) is 4.56. The van der Waals surface area contributed by atoms with Gasteiger partial charge in [0.25, 0.3) is 5.91 Å². The summed E-state index contributed by atoms with van der Waals surface area (Å²) in [7, 11) is 1.71. The molecule has 1 amide bonds. The number of nitrogens with one attached hydrogen (secondary N) is 1. The van der Waals surface area contributed by atoms with Crippen molar-refractivity contribution in [2.24, 2.45) is 11.1 Å². The van der Waals surface area contributed by atoms with Crippen LogP contribution in [0.1, 0.15) is 35.2 Å². The lowest BCUT2D eigenvalue weighted by molar-refractivity contribution is 0.0180. The first-order valence-corrected chi connectivity index (χ1v) is 6.75. The van der Waals surface area contributed by atoms with E-state index in [4.69, 9.17) is 10.5 Å². The Bertz CT molecular complexity index is 442. The smallest absolute Gasteiger partial charge is 0.251 e. The largest absolute Gasteiger partial charge is 0.384 e. The number of hydrogen-bond acceptors (Lipinski definition) is 3. The first kappa shape index (κ1) is 14.0. The van der Waals surface area contributed by atoms with Crippen molar-refractivity contribution in [3.8, 4) is 0 Å². The van der Waals surface area contributed by atoms with Crippen LogP contribution >= 0.6 is 0 Å². The van der Waals surface area contributed by atoms with Gasteiger partial charge < -0.3 is 15.8 Å². The Morgan fingerprint density at radius 2 is 2.26 bits per heavy atom. The summed E-state index contributed by atoms with van der Waals surface area (Å²) >= 11 is 0. The lowest BCUT2D eigenvalue weighted by Crippen LogP contribution is -2.45. The van der Waals surface area contributed by atoms with Crippen molar-refractivity contribution in [1.29, 1.82) is 0 Å². The van der Waals surface area contributed by atoms with Crippen LogP contribution in [-0.2, 0) is 11.3 Å². The molecule has 1 aromatic carbocycles. The Hall–Kier alpha value is -1.39. The molecule has 0 aliphatic heterocycles. The second-order valence-corrected chi connectivity index (χ2v) is 5.37. The van der Waals surface area contributed by atoms with E-state index in [1.165, 1.54) is 6.42 Å². The second-order valence-electron chi connectivity index (χ2n) is 5.37. The number of ether oxygens (including phenoxy) is 1. The van der Waals surface area contributed by atoms with Gasteiger partial charge in [-0.05, 0) is 30.5 Å². The SMILES string of the molecule is COCC1(CNC(=O)c2cccc(CN)c2)CCC1. The summed E-state index contributed by atoms with van der Waals surface area (Å²) in [6, 6.07) is 7.46. The predicted octanol–water partition coefficient (Wildman–Crippen LogP) is 1.69. The van der Waals surface area contributed by atoms with Crippen molar-refractivity contribution in [3.05, 3.63) is 35.4 Å². The molecule has 0 spiro atoms. The number of rotatable bonds is 6.